The molecule has 0 spiro atoms. The van der Waals surface area contributed by atoms with Crippen molar-refractivity contribution in [1.29, 1.82) is 0 Å². The summed E-state index contributed by atoms with van der Waals surface area (Å²) in [5.74, 6) is 3.00. The number of nitrogens with one attached hydrogen (secondary N) is 2. The van der Waals surface area contributed by atoms with E-state index in [-0.39, 0.29) is 17.7 Å². The van der Waals surface area contributed by atoms with Crippen molar-refractivity contribution >= 4 is 21.5 Å². The summed E-state index contributed by atoms with van der Waals surface area (Å²) in [4.78, 5) is 6.58. The van der Waals surface area contributed by atoms with E-state index in [1.165, 1.54) is 0 Å². The summed E-state index contributed by atoms with van der Waals surface area (Å²) in [7, 11) is 2.19. The smallest absolute Gasteiger partial charge is 0.191 e. The Balaban J connectivity index is 1.53. The van der Waals surface area contributed by atoms with E-state index in [4.69, 9.17) is 9.47 Å². The third-order valence-corrected chi connectivity index (χ3v) is 7.18. The zero-order valence-corrected chi connectivity index (χ0v) is 17.6. The van der Waals surface area contributed by atoms with Gasteiger partial charge in [0.1, 0.15) is 11.5 Å². The molecule has 2 unspecified atom stereocenters. The van der Waals surface area contributed by atoms with Crippen molar-refractivity contribution in [1.82, 2.24) is 10.6 Å². The summed E-state index contributed by atoms with van der Waals surface area (Å²) in [6, 6.07) is 6.15. The minimum Gasteiger partial charge on any atom is -0.497 e. The number of sulfone groups is 1. The normalized spacial score (nSPS) is 24.2. The second kappa shape index (κ2) is 8.89. The molecule has 1 aromatic rings. The number of ether oxygens (including phenoxy) is 2. The summed E-state index contributed by atoms with van der Waals surface area (Å²) in [5, 5.41) is 6.74. The van der Waals surface area contributed by atoms with Crippen LogP contribution in [0.2, 0.25) is 0 Å². The quantitative estimate of drug-likeness (QED) is 0.531. The molecule has 156 valence electrons. The molecule has 2 fully saturated rings. The Labute approximate surface area is 167 Å². The van der Waals surface area contributed by atoms with Gasteiger partial charge in [0.25, 0.3) is 0 Å². The lowest BCUT2D eigenvalue weighted by Gasteiger charge is -2.22. The Morgan fingerprint density at radius 1 is 1.21 bits per heavy atom. The molecular weight excluding hydrogens is 380 g/mol. The molecule has 0 bridgehead atoms. The first kappa shape index (κ1) is 20.6. The van der Waals surface area contributed by atoms with Crippen LogP contribution < -0.4 is 25.0 Å². The Kier molecular flexibility index (Phi) is 6.53. The van der Waals surface area contributed by atoms with Gasteiger partial charge in [-0.15, -0.1) is 0 Å². The fraction of sp³-hybridized carbons (Fsp3) is 0.632. The average molecular weight is 411 g/mol. The van der Waals surface area contributed by atoms with Crippen LogP contribution in [0.25, 0.3) is 0 Å². The van der Waals surface area contributed by atoms with Crippen LogP contribution in [0.4, 0.5) is 5.69 Å². The van der Waals surface area contributed by atoms with E-state index < -0.39 is 9.84 Å². The van der Waals surface area contributed by atoms with Gasteiger partial charge in [-0.1, -0.05) is 0 Å². The second-order valence-electron chi connectivity index (χ2n) is 7.37. The van der Waals surface area contributed by atoms with Gasteiger partial charge in [-0.2, -0.15) is 0 Å². The molecule has 2 aliphatic rings. The molecule has 1 aromatic carbocycles. The van der Waals surface area contributed by atoms with Gasteiger partial charge in [-0.3, -0.25) is 4.99 Å². The molecule has 28 heavy (non-hydrogen) atoms. The summed E-state index contributed by atoms with van der Waals surface area (Å²) in [6.07, 6.45) is 1.71. The molecule has 0 saturated carbocycles. The van der Waals surface area contributed by atoms with Gasteiger partial charge < -0.3 is 25.0 Å². The Hall–Kier alpha value is -2.16. The van der Waals surface area contributed by atoms with Gasteiger partial charge in [-0.25, -0.2) is 8.42 Å². The molecule has 0 radical (unpaired) electrons. The number of hydrogen-bond acceptors (Lipinski definition) is 6. The number of hydrogen-bond donors (Lipinski definition) is 2. The van der Waals surface area contributed by atoms with Crippen molar-refractivity contribution in [3.63, 3.8) is 0 Å². The van der Waals surface area contributed by atoms with Gasteiger partial charge >= 0.3 is 0 Å². The highest BCUT2D eigenvalue weighted by atomic mass is 32.2. The Morgan fingerprint density at radius 2 is 1.93 bits per heavy atom. The van der Waals surface area contributed by atoms with Crippen LogP contribution in [0.1, 0.15) is 12.8 Å². The number of rotatable bonds is 6. The Morgan fingerprint density at radius 3 is 2.50 bits per heavy atom. The summed E-state index contributed by atoms with van der Waals surface area (Å²) in [6.45, 7) is 2.39. The Bertz CT molecular complexity index is 790. The molecule has 0 aromatic heterocycles. The highest BCUT2D eigenvalue weighted by Crippen LogP contribution is 2.30. The van der Waals surface area contributed by atoms with E-state index in [2.05, 4.69) is 20.5 Å². The van der Waals surface area contributed by atoms with E-state index in [1.54, 1.807) is 21.3 Å². The van der Waals surface area contributed by atoms with Crippen molar-refractivity contribution in [2.24, 2.45) is 10.9 Å². The van der Waals surface area contributed by atoms with Crippen LogP contribution >= 0.6 is 0 Å². The van der Waals surface area contributed by atoms with Crippen molar-refractivity contribution in [3.8, 4) is 11.5 Å². The maximum atomic E-state index is 11.6. The molecule has 0 amide bonds. The summed E-state index contributed by atoms with van der Waals surface area (Å²) in [5.41, 5.74) is 1.07. The fourth-order valence-corrected chi connectivity index (χ4v) is 5.61. The topological polar surface area (TPSA) is 92.3 Å². The minimum atomic E-state index is -2.85. The molecule has 2 atom stereocenters. The predicted octanol–water partition coefficient (Wildman–Crippen LogP) is 0.882. The zero-order valence-electron chi connectivity index (χ0n) is 16.8. The monoisotopic (exact) mass is 410 g/mol. The summed E-state index contributed by atoms with van der Waals surface area (Å²) >= 11 is 0. The largest absolute Gasteiger partial charge is 0.497 e. The lowest BCUT2D eigenvalue weighted by molar-refractivity contribution is 0.394. The highest BCUT2D eigenvalue weighted by Gasteiger charge is 2.28. The lowest BCUT2D eigenvalue weighted by atomic mass is 10.1. The number of guanidine groups is 1. The third-order valence-electron chi connectivity index (χ3n) is 5.34. The number of methoxy groups -OCH3 is 2. The van der Waals surface area contributed by atoms with Gasteiger partial charge in [0, 0.05) is 56.6 Å². The summed E-state index contributed by atoms with van der Waals surface area (Å²) < 4.78 is 33.9. The molecule has 9 heteroatoms. The second-order valence-corrected chi connectivity index (χ2v) is 9.60. The molecule has 2 saturated heterocycles. The van der Waals surface area contributed by atoms with Gasteiger partial charge in [0.2, 0.25) is 0 Å². The SMILES string of the molecule is CN=C(NCC1CCS(=O)(=O)C1)NC1CCN(c2cc(OC)cc(OC)c2)C1. The maximum Gasteiger partial charge on any atom is 0.191 e. The van der Waals surface area contributed by atoms with E-state index in [9.17, 15) is 8.42 Å². The first-order valence-electron chi connectivity index (χ1n) is 9.58. The minimum absolute atomic E-state index is 0.160. The molecule has 3 rings (SSSR count). The van der Waals surface area contributed by atoms with Crippen molar-refractivity contribution in [2.75, 3.05) is 57.3 Å². The number of nitrogens with zero attached hydrogens (tertiary/aromatic N) is 2. The van der Waals surface area contributed by atoms with E-state index in [1.807, 2.05) is 18.2 Å². The average Bonchev–Trinajstić information content (AvgIpc) is 3.30. The van der Waals surface area contributed by atoms with Crippen molar-refractivity contribution in [3.05, 3.63) is 18.2 Å². The first-order valence-corrected chi connectivity index (χ1v) is 11.4. The zero-order chi connectivity index (χ0) is 20.1. The molecule has 0 aliphatic carbocycles. The van der Waals surface area contributed by atoms with E-state index >= 15 is 0 Å². The van der Waals surface area contributed by atoms with Gasteiger partial charge in [0.15, 0.2) is 15.8 Å². The molecule has 8 nitrogen and oxygen atoms in total. The predicted molar refractivity (Wildman–Crippen MR) is 111 cm³/mol. The van der Waals surface area contributed by atoms with Crippen LogP contribution in [0.5, 0.6) is 11.5 Å². The van der Waals surface area contributed by atoms with E-state index in [0.29, 0.717) is 12.3 Å². The van der Waals surface area contributed by atoms with E-state index in [0.717, 1.165) is 49.1 Å². The van der Waals surface area contributed by atoms with Crippen LogP contribution in [0.3, 0.4) is 0 Å². The van der Waals surface area contributed by atoms with Crippen molar-refractivity contribution < 1.29 is 17.9 Å². The highest BCUT2D eigenvalue weighted by molar-refractivity contribution is 7.91. The molecule has 2 N–H and O–H groups in total. The third kappa shape index (κ3) is 5.21. The maximum absolute atomic E-state index is 11.6. The molecule has 2 heterocycles. The van der Waals surface area contributed by atoms with Gasteiger partial charge in [0.05, 0.1) is 25.7 Å². The number of anilines is 1. The first-order chi connectivity index (χ1) is 13.4. The van der Waals surface area contributed by atoms with Crippen LogP contribution in [0.15, 0.2) is 23.2 Å². The van der Waals surface area contributed by atoms with Crippen molar-refractivity contribution in [2.45, 2.75) is 18.9 Å². The fourth-order valence-electron chi connectivity index (χ4n) is 3.75. The number of benzene rings is 1. The van der Waals surface area contributed by atoms with Crippen LogP contribution in [-0.2, 0) is 9.84 Å². The standard InChI is InChI=1S/C19H30N4O4S/c1-20-19(21-11-14-5-7-28(24,25)13-14)22-15-4-6-23(12-15)16-8-17(26-2)10-18(9-16)27-3/h8-10,14-15H,4-7,11-13H2,1-3H3,(H2,20,21,22). The lowest BCUT2D eigenvalue weighted by Crippen LogP contribution is -2.46. The number of aliphatic imine (C=N–C) groups is 1. The van der Waals surface area contributed by atoms with Crippen LogP contribution in [0, 0.1) is 5.92 Å². The molecular formula is C19H30N4O4S. The van der Waals surface area contributed by atoms with Crippen LogP contribution in [-0.4, -0.2) is 72.8 Å². The van der Waals surface area contributed by atoms with Gasteiger partial charge in [-0.05, 0) is 18.8 Å². The molecule has 2 aliphatic heterocycles.